The minimum atomic E-state index is 0.173. The van der Waals surface area contributed by atoms with Gasteiger partial charge < -0.3 is 10.6 Å². The topological polar surface area (TPSA) is 37.0 Å². The largest absolute Gasteiger partial charge is 0.365 e. The fourth-order valence-electron chi connectivity index (χ4n) is 1.37. The van der Waals surface area contributed by atoms with Crippen LogP contribution in [0.4, 0.5) is 11.5 Å². The highest BCUT2D eigenvalue weighted by Crippen LogP contribution is 2.29. The first-order valence-electron chi connectivity index (χ1n) is 4.55. The fourth-order valence-corrected chi connectivity index (χ4v) is 1.37. The van der Waals surface area contributed by atoms with Crippen molar-refractivity contribution in [1.82, 2.24) is 4.98 Å². The molecule has 2 rings (SSSR count). The SMILES string of the molecule is CC(C)(C)c1cnc2c(c1)NCN2. The number of aromatic nitrogens is 1. The molecule has 0 unspecified atom stereocenters. The zero-order valence-electron chi connectivity index (χ0n) is 8.31. The molecule has 2 N–H and O–H groups in total. The molecule has 70 valence electrons. The van der Waals surface area contributed by atoms with Crippen molar-refractivity contribution in [2.75, 3.05) is 17.3 Å². The molecule has 2 heterocycles. The van der Waals surface area contributed by atoms with Crippen LogP contribution in [-0.4, -0.2) is 11.7 Å². The Balaban J connectivity index is 2.42. The van der Waals surface area contributed by atoms with Crippen LogP contribution in [0.15, 0.2) is 12.3 Å². The number of hydrogen-bond acceptors (Lipinski definition) is 3. The number of hydrogen-bond donors (Lipinski definition) is 2. The number of nitrogens with zero attached hydrogens (tertiary/aromatic N) is 1. The highest BCUT2D eigenvalue weighted by molar-refractivity contribution is 5.69. The summed E-state index contributed by atoms with van der Waals surface area (Å²) in [4.78, 5) is 4.35. The van der Waals surface area contributed by atoms with Gasteiger partial charge in [0.15, 0.2) is 5.82 Å². The van der Waals surface area contributed by atoms with E-state index in [0.717, 1.165) is 18.2 Å². The summed E-state index contributed by atoms with van der Waals surface area (Å²) in [5.41, 5.74) is 2.56. The molecule has 0 fully saturated rings. The van der Waals surface area contributed by atoms with E-state index in [-0.39, 0.29) is 5.41 Å². The van der Waals surface area contributed by atoms with Crippen LogP contribution in [0, 0.1) is 0 Å². The summed E-state index contributed by atoms with van der Waals surface area (Å²) >= 11 is 0. The van der Waals surface area contributed by atoms with Crippen LogP contribution < -0.4 is 10.6 Å². The summed E-state index contributed by atoms with van der Waals surface area (Å²) in [6.45, 7) is 7.37. The number of fused-ring (bicyclic) bond motifs is 1. The van der Waals surface area contributed by atoms with Crippen molar-refractivity contribution in [3.63, 3.8) is 0 Å². The van der Waals surface area contributed by atoms with Gasteiger partial charge in [-0.3, -0.25) is 0 Å². The van der Waals surface area contributed by atoms with Crippen molar-refractivity contribution < 1.29 is 0 Å². The van der Waals surface area contributed by atoms with E-state index in [4.69, 9.17) is 0 Å². The zero-order valence-corrected chi connectivity index (χ0v) is 8.31. The number of pyridine rings is 1. The standard InChI is InChI=1S/C10H15N3/c1-10(2,3)7-4-8-9(11-5-7)13-6-12-8/h4-5,12H,6H2,1-3H3,(H,11,13). The Bertz CT molecular complexity index is 325. The molecule has 13 heavy (non-hydrogen) atoms. The van der Waals surface area contributed by atoms with Crippen LogP contribution in [0.1, 0.15) is 26.3 Å². The molecule has 0 atom stereocenters. The van der Waals surface area contributed by atoms with Crippen LogP contribution in [0.2, 0.25) is 0 Å². The van der Waals surface area contributed by atoms with Crippen molar-refractivity contribution in [2.45, 2.75) is 26.2 Å². The Morgan fingerprint density at radius 1 is 1.31 bits per heavy atom. The molecule has 1 aromatic rings. The summed E-state index contributed by atoms with van der Waals surface area (Å²) in [5, 5.41) is 6.40. The fraction of sp³-hybridized carbons (Fsp3) is 0.500. The van der Waals surface area contributed by atoms with E-state index >= 15 is 0 Å². The lowest BCUT2D eigenvalue weighted by atomic mass is 9.88. The van der Waals surface area contributed by atoms with E-state index in [9.17, 15) is 0 Å². The van der Waals surface area contributed by atoms with Crippen LogP contribution in [0.25, 0.3) is 0 Å². The molecule has 0 aromatic carbocycles. The van der Waals surface area contributed by atoms with Gasteiger partial charge in [-0.25, -0.2) is 4.98 Å². The van der Waals surface area contributed by atoms with E-state index in [1.807, 2.05) is 6.20 Å². The minimum absolute atomic E-state index is 0.173. The van der Waals surface area contributed by atoms with Gasteiger partial charge in [0, 0.05) is 6.20 Å². The van der Waals surface area contributed by atoms with E-state index < -0.39 is 0 Å². The zero-order chi connectivity index (χ0) is 9.47. The van der Waals surface area contributed by atoms with Crippen molar-refractivity contribution in [3.8, 4) is 0 Å². The van der Waals surface area contributed by atoms with E-state index in [2.05, 4.69) is 42.5 Å². The lowest BCUT2D eigenvalue weighted by Crippen LogP contribution is -2.11. The number of anilines is 2. The average molecular weight is 177 g/mol. The molecule has 0 radical (unpaired) electrons. The summed E-state index contributed by atoms with van der Waals surface area (Å²) in [6, 6.07) is 2.17. The molecule has 1 aliphatic heterocycles. The summed E-state index contributed by atoms with van der Waals surface area (Å²) < 4.78 is 0. The van der Waals surface area contributed by atoms with Gasteiger partial charge in [-0.05, 0) is 17.0 Å². The molecule has 0 saturated heterocycles. The second kappa shape index (κ2) is 2.62. The lowest BCUT2D eigenvalue weighted by molar-refractivity contribution is 0.588. The molecule has 0 amide bonds. The molecular formula is C10H15N3. The predicted octanol–water partition coefficient (Wildman–Crippen LogP) is 2.17. The van der Waals surface area contributed by atoms with Crippen LogP contribution in [0.3, 0.4) is 0 Å². The third kappa shape index (κ3) is 1.46. The minimum Gasteiger partial charge on any atom is -0.365 e. The molecule has 1 aliphatic rings. The molecule has 0 spiro atoms. The maximum atomic E-state index is 4.35. The van der Waals surface area contributed by atoms with E-state index in [1.165, 1.54) is 5.56 Å². The number of rotatable bonds is 0. The summed E-state index contributed by atoms with van der Waals surface area (Å²) in [5.74, 6) is 0.966. The quantitative estimate of drug-likeness (QED) is 0.637. The Kier molecular flexibility index (Phi) is 1.68. The van der Waals surface area contributed by atoms with E-state index in [0.29, 0.717) is 0 Å². The summed E-state index contributed by atoms with van der Waals surface area (Å²) in [6.07, 6.45) is 1.94. The van der Waals surface area contributed by atoms with Crippen LogP contribution in [-0.2, 0) is 5.41 Å². The van der Waals surface area contributed by atoms with Crippen molar-refractivity contribution in [2.24, 2.45) is 0 Å². The van der Waals surface area contributed by atoms with Crippen molar-refractivity contribution in [3.05, 3.63) is 17.8 Å². The molecule has 0 saturated carbocycles. The Hall–Kier alpha value is -1.25. The van der Waals surface area contributed by atoms with Crippen molar-refractivity contribution >= 4 is 11.5 Å². The van der Waals surface area contributed by atoms with E-state index in [1.54, 1.807) is 0 Å². The van der Waals surface area contributed by atoms with Gasteiger partial charge in [0.1, 0.15) is 0 Å². The van der Waals surface area contributed by atoms with Crippen LogP contribution >= 0.6 is 0 Å². The smallest absolute Gasteiger partial charge is 0.150 e. The normalized spacial score (nSPS) is 14.7. The molecule has 3 heteroatoms. The second-order valence-electron chi connectivity index (χ2n) is 4.40. The second-order valence-corrected chi connectivity index (χ2v) is 4.40. The first-order chi connectivity index (χ1) is 6.07. The maximum Gasteiger partial charge on any atom is 0.150 e. The number of nitrogens with one attached hydrogen (secondary N) is 2. The van der Waals surface area contributed by atoms with Gasteiger partial charge in [0.2, 0.25) is 0 Å². The predicted molar refractivity (Wildman–Crippen MR) is 55.0 cm³/mol. The molecular weight excluding hydrogens is 162 g/mol. The van der Waals surface area contributed by atoms with Crippen LogP contribution in [0.5, 0.6) is 0 Å². The molecule has 0 aliphatic carbocycles. The third-order valence-electron chi connectivity index (χ3n) is 2.29. The first kappa shape index (κ1) is 8.35. The lowest BCUT2D eigenvalue weighted by Gasteiger charge is -2.18. The average Bonchev–Trinajstić information content (AvgIpc) is 2.47. The highest BCUT2D eigenvalue weighted by atomic mass is 15.2. The third-order valence-corrected chi connectivity index (χ3v) is 2.29. The molecule has 0 bridgehead atoms. The Labute approximate surface area is 78.6 Å². The van der Waals surface area contributed by atoms with Gasteiger partial charge in [-0.1, -0.05) is 20.8 Å². The first-order valence-corrected chi connectivity index (χ1v) is 4.55. The van der Waals surface area contributed by atoms with Crippen molar-refractivity contribution in [1.29, 1.82) is 0 Å². The Morgan fingerprint density at radius 2 is 2.08 bits per heavy atom. The van der Waals surface area contributed by atoms with Gasteiger partial charge in [0.25, 0.3) is 0 Å². The molecule has 1 aromatic heterocycles. The summed E-state index contributed by atoms with van der Waals surface area (Å²) in [7, 11) is 0. The molecule has 3 nitrogen and oxygen atoms in total. The Morgan fingerprint density at radius 3 is 2.77 bits per heavy atom. The highest BCUT2D eigenvalue weighted by Gasteiger charge is 2.18. The monoisotopic (exact) mass is 177 g/mol. The van der Waals surface area contributed by atoms with Gasteiger partial charge >= 0.3 is 0 Å². The maximum absolute atomic E-state index is 4.35. The van der Waals surface area contributed by atoms with Gasteiger partial charge in [0.05, 0.1) is 12.4 Å². The van der Waals surface area contributed by atoms with Gasteiger partial charge in [-0.2, -0.15) is 0 Å². The van der Waals surface area contributed by atoms with Gasteiger partial charge in [-0.15, -0.1) is 0 Å².